The fraction of sp³-hybridized carbons (Fsp3) is 0.250. The van der Waals surface area contributed by atoms with Crippen LogP contribution in [-0.2, 0) is 9.59 Å². The number of carbonyl (C=O) groups is 2. The SMILES string of the molecule is CCN(C(=O)C1=NN(c2ccccc2)[C@H](C(N)=O)C1)c1cccc(C)c1. The van der Waals surface area contributed by atoms with Crippen molar-refractivity contribution in [1.29, 1.82) is 0 Å². The molecule has 0 radical (unpaired) electrons. The van der Waals surface area contributed by atoms with E-state index in [4.69, 9.17) is 5.73 Å². The van der Waals surface area contributed by atoms with E-state index in [1.54, 1.807) is 9.91 Å². The third-order valence-corrected chi connectivity index (χ3v) is 4.38. The first kappa shape index (κ1) is 17.7. The van der Waals surface area contributed by atoms with Crippen LogP contribution in [0.1, 0.15) is 18.9 Å². The predicted molar refractivity (Wildman–Crippen MR) is 103 cm³/mol. The predicted octanol–water partition coefficient (Wildman–Crippen LogP) is 2.47. The van der Waals surface area contributed by atoms with Crippen LogP contribution in [0.25, 0.3) is 0 Å². The second-order valence-electron chi connectivity index (χ2n) is 6.24. The molecule has 2 aromatic rings. The molecule has 2 aromatic carbocycles. The van der Waals surface area contributed by atoms with Crippen LogP contribution in [0.3, 0.4) is 0 Å². The minimum Gasteiger partial charge on any atom is -0.368 e. The van der Waals surface area contributed by atoms with Crippen molar-refractivity contribution >= 4 is 28.9 Å². The summed E-state index contributed by atoms with van der Waals surface area (Å²) in [5, 5.41) is 5.98. The summed E-state index contributed by atoms with van der Waals surface area (Å²) in [5.41, 5.74) is 8.50. The van der Waals surface area contributed by atoms with Crippen LogP contribution in [0.15, 0.2) is 59.7 Å². The lowest BCUT2D eigenvalue weighted by atomic mass is 10.1. The van der Waals surface area contributed by atoms with Crippen LogP contribution in [0.2, 0.25) is 0 Å². The molecular formula is C20H22N4O2. The summed E-state index contributed by atoms with van der Waals surface area (Å²) in [5.74, 6) is -0.707. The fourth-order valence-electron chi connectivity index (χ4n) is 3.07. The number of carbonyl (C=O) groups excluding carboxylic acids is 2. The van der Waals surface area contributed by atoms with Gasteiger partial charge in [0.1, 0.15) is 11.8 Å². The van der Waals surface area contributed by atoms with Gasteiger partial charge in [-0.1, -0.05) is 30.3 Å². The molecule has 6 nitrogen and oxygen atoms in total. The molecule has 0 saturated carbocycles. The third-order valence-electron chi connectivity index (χ3n) is 4.38. The van der Waals surface area contributed by atoms with Crippen molar-refractivity contribution in [3.05, 3.63) is 60.2 Å². The van der Waals surface area contributed by atoms with Crippen LogP contribution in [0, 0.1) is 6.92 Å². The number of hydrazone groups is 1. The molecule has 1 aliphatic heterocycles. The van der Waals surface area contributed by atoms with Crippen LogP contribution in [-0.4, -0.2) is 30.1 Å². The number of nitrogens with two attached hydrogens (primary N) is 1. The van der Waals surface area contributed by atoms with Crippen LogP contribution < -0.4 is 15.6 Å². The zero-order valence-corrected chi connectivity index (χ0v) is 14.9. The number of para-hydroxylation sites is 1. The van der Waals surface area contributed by atoms with Gasteiger partial charge in [-0.25, -0.2) is 0 Å². The topological polar surface area (TPSA) is 79.0 Å². The van der Waals surface area contributed by atoms with Gasteiger partial charge >= 0.3 is 0 Å². The second-order valence-corrected chi connectivity index (χ2v) is 6.24. The normalized spacial score (nSPS) is 16.3. The number of hydrogen-bond donors (Lipinski definition) is 1. The molecule has 6 heteroatoms. The van der Waals surface area contributed by atoms with Gasteiger partial charge in [-0.05, 0) is 43.7 Å². The number of nitrogens with zero attached hydrogens (tertiary/aromatic N) is 3. The Labute approximate surface area is 152 Å². The number of benzene rings is 2. The number of amides is 2. The minimum atomic E-state index is -0.660. The lowest BCUT2D eigenvalue weighted by molar-refractivity contribution is -0.119. The second kappa shape index (κ2) is 7.39. The molecule has 0 bridgehead atoms. The Morgan fingerprint density at radius 2 is 1.92 bits per heavy atom. The summed E-state index contributed by atoms with van der Waals surface area (Å²) in [6, 6.07) is 16.4. The quantitative estimate of drug-likeness (QED) is 0.900. The van der Waals surface area contributed by atoms with Crippen molar-refractivity contribution in [3.63, 3.8) is 0 Å². The maximum Gasteiger partial charge on any atom is 0.274 e. The zero-order chi connectivity index (χ0) is 18.7. The Hall–Kier alpha value is -3.15. The van der Waals surface area contributed by atoms with E-state index in [2.05, 4.69) is 5.10 Å². The molecule has 1 aliphatic rings. The average Bonchev–Trinajstić information content (AvgIpc) is 3.09. The number of rotatable bonds is 5. The fourth-order valence-corrected chi connectivity index (χ4v) is 3.07. The van der Waals surface area contributed by atoms with Gasteiger partial charge in [-0.2, -0.15) is 5.10 Å². The minimum absolute atomic E-state index is 0.200. The summed E-state index contributed by atoms with van der Waals surface area (Å²) < 4.78 is 0. The standard InChI is InChI=1S/C20H22N4O2/c1-3-23(16-11-7-8-14(2)12-16)20(26)17-13-18(19(21)25)24(22-17)15-9-5-4-6-10-15/h4-12,18H,3,13H2,1-2H3,(H2,21,25)/t18-/m0/s1. The van der Waals surface area contributed by atoms with Crippen molar-refractivity contribution in [2.45, 2.75) is 26.3 Å². The van der Waals surface area contributed by atoms with E-state index in [1.807, 2.05) is 68.4 Å². The maximum atomic E-state index is 13.0. The van der Waals surface area contributed by atoms with Gasteiger partial charge < -0.3 is 10.6 Å². The molecule has 0 saturated heterocycles. The Morgan fingerprint density at radius 1 is 1.19 bits per heavy atom. The monoisotopic (exact) mass is 350 g/mol. The highest BCUT2D eigenvalue weighted by molar-refractivity contribution is 6.45. The smallest absolute Gasteiger partial charge is 0.274 e. The van der Waals surface area contributed by atoms with Crippen LogP contribution in [0.5, 0.6) is 0 Å². The Bertz CT molecular complexity index is 848. The van der Waals surface area contributed by atoms with E-state index in [1.165, 1.54) is 0 Å². The number of anilines is 2. The highest BCUT2D eigenvalue weighted by Crippen LogP contribution is 2.26. The highest BCUT2D eigenvalue weighted by Gasteiger charge is 2.36. The molecule has 1 heterocycles. The molecule has 0 spiro atoms. The molecule has 2 amide bonds. The van der Waals surface area contributed by atoms with E-state index in [-0.39, 0.29) is 12.3 Å². The molecule has 0 aliphatic carbocycles. The first-order chi connectivity index (χ1) is 12.5. The first-order valence-corrected chi connectivity index (χ1v) is 8.61. The lowest BCUT2D eigenvalue weighted by Crippen LogP contribution is -2.40. The largest absolute Gasteiger partial charge is 0.368 e. The van der Waals surface area contributed by atoms with E-state index in [0.717, 1.165) is 16.9 Å². The summed E-state index contributed by atoms with van der Waals surface area (Å²) in [7, 11) is 0. The lowest BCUT2D eigenvalue weighted by Gasteiger charge is -2.21. The summed E-state index contributed by atoms with van der Waals surface area (Å²) in [6.45, 7) is 4.40. The molecule has 134 valence electrons. The highest BCUT2D eigenvalue weighted by atomic mass is 16.2. The van der Waals surface area contributed by atoms with Crippen molar-refractivity contribution in [3.8, 4) is 0 Å². The van der Waals surface area contributed by atoms with E-state index in [9.17, 15) is 9.59 Å². The van der Waals surface area contributed by atoms with Gasteiger partial charge in [0.25, 0.3) is 5.91 Å². The Balaban J connectivity index is 1.92. The van der Waals surface area contributed by atoms with E-state index < -0.39 is 11.9 Å². The van der Waals surface area contributed by atoms with Crippen molar-refractivity contribution in [2.75, 3.05) is 16.5 Å². The molecule has 0 unspecified atom stereocenters. The molecule has 3 rings (SSSR count). The third kappa shape index (κ3) is 3.44. The van der Waals surface area contributed by atoms with Gasteiger partial charge in [-0.3, -0.25) is 14.6 Å². The van der Waals surface area contributed by atoms with Gasteiger partial charge in [0.15, 0.2) is 0 Å². The number of primary amides is 1. The van der Waals surface area contributed by atoms with Crippen molar-refractivity contribution < 1.29 is 9.59 Å². The molecule has 1 atom stereocenters. The summed E-state index contributed by atoms with van der Waals surface area (Å²) in [6.07, 6.45) is 0.200. The van der Waals surface area contributed by atoms with Gasteiger partial charge in [-0.15, -0.1) is 0 Å². The maximum absolute atomic E-state index is 13.0. The Kier molecular flexibility index (Phi) is 5.02. The Morgan fingerprint density at radius 3 is 2.54 bits per heavy atom. The van der Waals surface area contributed by atoms with Gasteiger partial charge in [0.05, 0.1) is 5.69 Å². The van der Waals surface area contributed by atoms with Crippen molar-refractivity contribution in [1.82, 2.24) is 0 Å². The number of hydrogen-bond acceptors (Lipinski definition) is 4. The molecule has 26 heavy (non-hydrogen) atoms. The van der Waals surface area contributed by atoms with E-state index in [0.29, 0.717) is 12.3 Å². The average molecular weight is 350 g/mol. The first-order valence-electron chi connectivity index (χ1n) is 8.61. The van der Waals surface area contributed by atoms with Crippen LogP contribution >= 0.6 is 0 Å². The molecule has 2 N–H and O–H groups in total. The molecule has 0 fully saturated rings. The summed E-state index contributed by atoms with van der Waals surface area (Å²) >= 11 is 0. The van der Waals surface area contributed by atoms with Crippen molar-refractivity contribution in [2.24, 2.45) is 10.8 Å². The molecular weight excluding hydrogens is 328 g/mol. The summed E-state index contributed by atoms with van der Waals surface area (Å²) in [4.78, 5) is 26.6. The van der Waals surface area contributed by atoms with Crippen LogP contribution in [0.4, 0.5) is 11.4 Å². The van der Waals surface area contributed by atoms with Gasteiger partial charge in [0, 0.05) is 18.7 Å². The van der Waals surface area contributed by atoms with E-state index >= 15 is 0 Å². The number of aryl methyl sites for hydroxylation is 1. The zero-order valence-electron chi connectivity index (χ0n) is 14.9. The van der Waals surface area contributed by atoms with Gasteiger partial charge in [0.2, 0.25) is 5.91 Å². The molecule has 0 aromatic heterocycles.